The van der Waals surface area contributed by atoms with Gasteiger partial charge in [0, 0.05) is 67.3 Å². The second kappa shape index (κ2) is 8.71. The van der Waals surface area contributed by atoms with Crippen LogP contribution in [0.5, 0.6) is 0 Å². The van der Waals surface area contributed by atoms with Crippen molar-refractivity contribution in [3.05, 3.63) is 93.4 Å². The highest BCUT2D eigenvalue weighted by atomic mass is 79.9. The predicted molar refractivity (Wildman–Crippen MR) is 93.3 cm³/mol. The van der Waals surface area contributed by atoms with Gasteiger partial charge in [-0.15, -0.1) is 0 Å². The molecule has 3 aromatic rings. The summed E-state index contributed by atoms with van der Waals surface area (Å²) in [6, 6.07) is 21.0. The average Bonchev–Trinajstić information content (AvgIpc) is 2.52. The van der Waals surface area contributed by atoms with E-state index in [0.29, 0.717) is 0 Å². The first-order valence-electron chi connectivity index (χ1n) is 7.08. The summed E-state index contributed by atoms with van der Waals surface area (Å²) in [6.07, 6.45) is 4.17. The molecule has 0 aliphatic carbocycles. The summed E-state index contributed by atoms with van der Waals surface area (Å²) < 4.78 is 6.54. The van der Waals surface area contributed by atoms with Gasteiger partial charge in [0.25, 0.3) is 0 Å². The zero-order valence-electron chi connectivity index (χ0n) is 12.4. The van der Waals surface area contributed by atoms with Gasteiger partial charge in [-0.1, -0.05) is 18.2 Å². The molecule has 1 aromatic carbocycles. The Bertz CT molecular complexity index is 728. The number of hydrogen-bond acceptors (Lipinski definition) is 0. The van der Waals surface area contributed by atoms with Crippen molar-refractivity contribution < 1.29 is 26.1 Å². The lowest BCUT2D eigenvalue weighted by Gasteiger charge is -2.03. The molecular weight excluding hydrogens is 484 g/mol. The van der Waals surface area contributed by atoms with Crippen LogP contribution in [0.2, 0.25) is 0 Å². The van der Waals surface area contributed by atoms with Gasteiger partial charge in [0.2, 0.25) is 9.21 Å². The molecule has 0 radical (unpaired) electrons. The van der Waals surface area contributed by atoms with Crippen LogP contribution in [0, 0.1) is 0 Å². The first kappa shape index (κ1) is 18.3. The van der Waals surface area contributed by atoms with Crippen molar-refractivity contribution in [3.8, 4) is 0 Å². The number of rotatable bonds is 4. The summed E-state index contributed by atoms with van der Waals surface area (Å²) in [4.78, 5) is 0. The fourth-order valence-electron chi connectivity index (χ4n) is 2.39. The molecule has 0 atom stereocenters. The molecule has 0 saturated carbocycles. The Labute approximate surface area is 163 Å². The smallest absolute Gasteiger partial charge is 0.248 e. The van der Waals surface area contributed by atoms with Crippen molar-refractivity contribution in [2.75, 3.05) is 0 Å². The molecule has 2 nitrogen and oxygen atoms in total. The van der Waals surface area contributed by atoms with Crippen molar-refractivity contribution in [2.24, 2.45) is 0 Å². The maximum absolute atomic E-state index is 3.59. The van der Waals surface area contributed by atoms with Gasteiger partial charge >= 0.3 is 0 Å². The summed E-state index contributed by atoms with van der Waals surface area (Å²) in [5.74, 6) is 0. The van der Waals surface area contributed by atoms with E-state index in [0.717, 1.165) is 22.3 Å². The van der Waals surface area contributed by atoms with Crippen LogP contribution < -0.4 is 26.1 Å². The van der Waals surface area contributed by atoms with Gasteiger partial charge in [0.1, 0.15) is 0 Å². The molecule has 0 aliphatic rings. The van der Waals surface area contributed by atoms with E-state index >= 15 is 0 Å². The molecule has 0 spiro atoms. The molecule has 23 heavy (non-hydrogen) atoms. The van der Waals surface area contributed by atoms with Crippen LogP contribution in [0.4, 0.5) is 0 Å². The Morgan fingerprint density at radius 2 is 1.13 bits per heavy atom. The van der Waals surface area contributed by atoms with Gasteiger partial charge in [-0.2, -0.15) is 9.13 Å². The molecule has 0 amide bonds. The van der Waals surface area contributed by atoms with Crippen LogP contribution in [0.15, 0.2) is 82.3 Å². The van der Waals surface area contributed by atoms with Gasteiger partial charge in [0.05, 0.1) is 0 Å². The van der Waals surface area contributed by atoms with Crippen molar-refractivity contribution in [3.63, 3.8) is 0 Å². The van der Waals surface area contributed by atoms with Crippen molar-refractivity contribution in [2.45, 2.75) is 13.1 Å². The Balaban J connectivity index is 0.00000192. The minimum absolute atomic E-state index is 0. The third kappa shape index (κ3) is 4.96. The van der Waals surface area contributed by atoms with E-state index < -0.39 is 0 Å². The lowest BCUT2D eigenvalue weighted by Crippen LogP contribution is -3.00. The first-order valence-corrected chi connectivity index (χ1v) is 8.67. The van der Waals surface area contributed by atoms with Crippen LogP contribution in [0.3, 0.4) is 0 Å². The van der Waals surface area contributed by atoms with Crippen molar-refractivity contribution in [1.82, 2.24) is 0 Å². The van der Waals surface area contributed by atoms with Crippen LogP contribution in [0.1, 0.15) is 11.1 Å². The van der Waals surface area contributed by atoms with E-state index in [9.17, 15) is 0 Å². The zero-order valence-corrected chi connectivity index (χ0v) is 17.1. The second-order valence-corrected chi connectivity index (χ2v) is 6.75. The molecule has 5 heteroatoms. The Morgan fingerprint density at radius 1 is 0.652 bits per heavy atom. The van der Waals surface area contributed by atoms with Gasteiger partial charge in [-0.05, 0) is 18.2 Å². The zero-order chi connectivity index (χ0) is 15.4. The summed E-state index contributed by atoms with van der Waals surface area (Å²) >= 11 is 7.18. The van der Waals surface area contributed by atoms with E-state index in [1.807, 2.05) is 24.3 Å². The highest BCUT2D eigenvalue weighted by Crippen LogP contribution is 2.09. The molecule has 0 N–H and O–H groups in total. The Morgan fingerprint density at radius 3 is 1.57 bits per heavy atom. The fraction of sp³-hybridized carbons (Fsp3) is 0.111. The van der Waals surface area contributed by atoms with E-state index in [1.165, 1.54) is 11.1 Å². The fourth-order valence-corrected chi connectivity index (χ4v) is 3.18. The number of halogens is 3. The highest BCUT2D eigenvalue weighted by Gasteiger charge is 2.10. The minimum Gasteiger partial charge on any atom is -1.00 e. The summed E-state index contributed by atoms with van der Waals surface area (Å²) in [5, 5.41) is 0. The summed E-state index contributed by atoms with van der Waals surface area (Å²) in [5.41, 5.74) is 2.59. The van der Waals surface area contributed by atoms with Crippen LogP contribution in [-0.2, 0) is 13.1 Å². The molecule has 0 unspecified atom stereocenters. The van der Waals surface area contributed by atoms with E-state index in [4.69, 9.17) is 0 Å². The molecule has 0 aliphatic heterocycles. The van der Waals surface area contributed by atoms with E-state index in [2.05, 4.69) is 89.8 Å². The Hall–Kier alpha value is -1.04. The number of hydrogen-bond donors (Lipinski definition) is 0. The highest BCUT2D eigenvalue weighted by molar-refractivity contribution is 9.10. The molecule has 2 heterocycles. The van der Waals surface area contributed by atoms with E-state index in [-0.39, 0.29) is 17.0 Å². The van der Waals surface area contributed by atoms with Crippen molar-refractivity contribution >= 4 is 31.9 Å². The van der Waals surface area contributed by atoms with Gasteiger partial charge < -0.3 is 17.0 Å². The monoisotopic (exact) mass is 497 g/mol. The molecule has 0 saturated heterocycles. The molecule has 2 aromatic heterocycles. The van der Waals surface area contributed by atoms with E-state index in [1.54, 1.807) is 0 Å². The molecule has 3 rings (SSSR count). The van der Waals surface area contributed by atoms with Gasteiger partial charge in [-0.25, -0.2) is 0 Å². The van der Waals surface area contributed by atoms with Crippen molar-refractivity contribution in [1.29, 1.82) is 0 Å². The molecular formula is C18H16Br3N2+. The average molecular weight is 500 g/mol. The largest absolute Gasteiger partial charge is 1.00 e. The number of pyridine rings is 2. The summed E-state index contributed by atoms with van der Waals surface area (Å²) in [6.45, 7) is 1.71. The van der Waals surface area contributed by atoms with Gasteiger partial charge in [0.15, 0.2) is 25.5 Å². The lowest BCUT2D eigenvalue weighted by atomic mass is 10.1. The quantitative estimate of drug-likeness (QED) is 0.372. The second-order valence-electron chi connectivity index (χ2n) is 5.12. The van der Waals surface area contributed by atoms with Crippen LogP contribution >= 0.6 is 31.9 Å². The third-order valence-corrected chi connectivity index (χ3v) is 4.91. The number of aromatic nitrogens is 2. The standard InChI is InChI=1S/C18H16Br2N2.BrH/c19-17-8-1-3-10-21(17)13-15-6-5-7-16(12-15)14-22-11-4-2-9-18(22)20;/h1-12H,13-14H2;1H/q+2;/p-1. The normalized spacial score (nSPS) is 10.2. The number of benzene rings is 1. The van der Waals surface area contributed by atoms with Crippen LogP contribution in [-0.4, -0.2) is 0 Å². The lowest BCUT2D eigenvalue weighted by molar-refractivity contribution is -0.700. The summed E-state index contributed by atoms with van der Waals surface area (Å²) in [7, 11) is 0. The molecule has 118 valence electrons. The van der Waals surface area contributed by atoms with Crippen LogP contribution in [0.25, 0.3) is 0 Å². The maximum Gasteiger partial charge on any atom is 0.248 e. The van der Waals surface area contributed by atoms with Gasteiger partial charge in [-0.3, -0.25) is 0 Å². The maximum atomic E-state index is 3.59. The predicted octanol–water partition coefficient (Wildman–Crippen LogP) is 0.887. The first-order chi connectivity index (χ1) is 10.7. The number of nitrogens with zero attached hydrogens (tertiary/aromatic N) is 2. The Kier molecular flexibility index (Phi) is 6.93. The molecule has 0 bridgehead atoms. The minimum atomic E-state index is 0. The topological polar surface area (TPSA) is 7.76 Å². The SMILES string of the molecule is Brc1cccc[n+]1Cc1cccc(C[n+]2ccccc2Br)c1.[Br-]. The third-order valence-electron chi connectivity index (χ3n) is 3.47. The molecule has 0 fully saturated rings.